The monoisotopic (exact) mass is 368 g/mol. The lowest BCUT2D eigenvalue weighted by molar-refractivity contribution is 0.0486. The lowest BCUT2D eigenvalue weighted by atomic mass is 10.1. The average Bonchev–Trinajstić information content (AvgIpc) is 2.27. The Bertz CT molecular complexity index is 569. The van der Waals surface area contributed by atoms with Gasteiger partial charge in [0.15, 0.2) is 0 Å². The first-order chi connectivity index (χ1) is 8.71. The molecule has 0 heterocycles. The number of benzene rings is 1. The van der Waals surface area contributed by atoms with E-state index in [0.29, 0.717) is 17.0 Å². The van der Waals surface area contributed by atoms with Crippen LogP contribution in [-0.4, -0.2) is 21.0 Å². The van der Waals surface area contributed by atoms with Gasteiger partial charge in [-0.05, 0) is 46.5 Å². The smallest absolute Gasteiger partial charge is 0.339 e. The molecule has 1 aromatic rings. The van der Waals surface area contributed by atoms with Crippen molar-refractivity contribution in [3.8, 4) is 0 Å². The molecule has 0 aliphatic carbocycles. The molecule has 0 fully saturated rings. The van der Waals surface area contributed by atoms with Gasteiger partial charge in [-0.1, -0.05) is 13.8 Å². The molecule has 0 bridgehead atoms. The van der Waals surface area contributed by atoms with E-state index in [2.05, 4.69) is 15.9 Å². The van der Waals surface area contributed by atoms with E-state index in [1.54, 1.807) is 0 Å². The third-order valence-electron chi connectivity index (χ3n) is 2.37. The van der Waals surface area contributed by atoms with Crippen LogP contribution in [0.2, 0.25) is 0 Å². The van der Waals surface area contributed by atoms with Crippen molar-refractivity contribution in [3.05, 3.63) is 28.2 Å². The zero-order valence-electron chi connectivity index (χ0n) is 10.5. The fraction of sp³-hybridized carbons (Fsp3) is 0.417. The van der Waals surface area contributed by atoms with Gasteiger partial charge >= 0.3 is 5.97 Å². The maximum atomic E-state index is 11.8. The molecular weight excluding hydrogens is 356 g/mol. The number of esters is 1. The first kappa shape index (κ1) is 16.5. The lowest BCUT2D eigenvalue weighted by Gasteiger charge is -2.08. The SMILES string of the molecule is CC(C)CCOC(=O)c1cc(S(=O)(=O)Cl)ccc1Br. The summed E-state index contributed by atoms with van der Waals surface area (Å²) in [6.07, 6.45) is 0.747. The molecule has 0 aliphatic heterocycles. The number of hydrogen-bond acceptors (Lipinski definition) is 4. The molecule has 0 atom stereocenters. The van der Waals surface area contributed by atoms with Crippen LogP contribution in [0.15, 0.2) is 27.6 Å². The van der Waals surface area contributed by atoms with Crippen molar-refractivity contribution in [1.82, 2.24) is 0 Å². The van der Waals surface area contributed by atoms with Gasteiger partial charge in [-0.15, -0.1) is 0 Å². The zero-order chi connectivity index (χ0) is 14.6. The highest BCUT2D eigenvalue weighted by atomic mass is 79.9. The number of rotatable bonds is 5. The van der Waals surface area contributed by atoms with Gasteiger partial charge in [0.2, 0.25) is 0 Å². The Labute approximate surface area is 125 Å². The van der Waals surface area contributed by atoms with Crippen LogP contribution in [0.1, 0.15) is 30.6 Å². The molecule has 1 aromatic carbocycles. The molecule has 0 spiro atoms. The van der Waals surface area contributed by atoms with Crippen LogP contribution < -0.4 is 0 Å². The molecule has 4 nitrogen and oxygen atoms in total. The van der Waals surface area contributed by atoms with Crippen molar-refractivity contribution in [1.29, 1.82) is 0 Å². The van der Waals surface area contributed by atoms with Crippen LogP contribution >= 0.6 is 26.6 Å². The maximum absolute atomic E-state index is 11.8. The summed E-state index contributed by atoms with van der Waals surface area (Å²) >= 11 is 3.18. The Morgan fingerprint density at radius 1 is 1.42 bits per heavy atom. The first-order valence-corrected chi connectivity index (χ1v) is 8.73. The van der Waals surface area contributed by atoms with Crippen LogP contribution in [0.3, 0.4) is 0 Å². The molecule has 1 rings (SSSR count). The van der Waals surface area contributed by atoms with E-state index in [1.807, 2.05) is 13.8 Å². The van der Waals surface area contributed by atoms with Crippen LogP contribution in [0, 0.1) is 5.92 Å². The summed E-state index contributed by atoms with van der Waals surface area (Å²) in [5.41, 5.74) is 0.144. The lowest BCUT2D eigenvalue weighted by Crippen LogP contribution is -2.09. The van der Waals surface area contributed by atoms with Gasteiger partial charge in [-0.25, -0.2) is 13.2 Å². The minimum absolute atomic E-state index is 0.131. The average molecular weight is 370 g/mol. The molecule has 0 radical (unpaired) electrons. The van der Waals surface area contributed by atoms with Gasteiger partial charge in [0, 0.05) is 15.2 Å². The van der Waals surface area contributed by atoms with E-state index < -0.39 is 15.0 Å². The fourth-order valence-corrected chi connectivity index (χ4v) is 2.46. The van der Waals surface area contributed by atoms with Gasteiger partial charge in [-0.2, -0.15) is 0 Å². The molecule has 0 saturated carbocycles. The molecule has 106 valence electrons. The van der Waals surface area contributed by atoms with Crippen LogP contribution in [0.5, 0.6) is 0 Å². The van der Waals surface area contributed by atoms with E-state index in [0.717, 1.165) is 6.42 Å². The van der Waals surface area contributed by atoms with Crippen molar-refractivity contribution in [2.75, 3.05) is 6.61 Å². The third kappa shape index (κ3) is 5.12. The number of hydrogen-bond donors (Lipinski definition) is 0. The minimum atomic E-state index is -3.87. The molecule has 0 unspecified atom stereocenters. The summed E-state index contributed by atoms with van der Waals surface area (Å²) in [6.45, 7) is 4.33. The zero-order valence-corrected chi connectivity index (χ0v) is 13.7. The Hall–Kier alpha value is -0.590. The van der Waals surface area contributed by atoms with Gasteiger partial charge in [0.25, 0.3) is 9.05 Å². The molecule has 0 saturated heterocycles. The Balaban J connectivity index is 2.90. The quantitative estimate of drug-likeness (QED) is 0.588. The second kappa shape index (κ2) is 6.72. The maximum Gasteiger partial charge on any atom is 0.339 e. The molecule has 0 N–H and O–H groups in total. The molecule has 0 aliphatic rings. The second-order valence-corrected chi connectivity index (χ2v) is 7.82. The highest BCUT2D eigenvalue weighted by Gasteiger charge is 2.17. The highest BCUT2D eigenvalue weighted by Crippen LogP contribution is 2.24. The minimum Gasteiger partial charge on any atom is -0.462 e. The van der Waals surface area contributed by atoms with Gasteiger partial charge < -0.3 is 4.74 Å². The van der Waals surface area contributed by atoms with Crippen LogP contribution in [0.4, 0.5) is 0 Å². The van der Waals surface area contributed by atoms with Gasteiger partial charge in [0.05, 0.1) is 17.1 Å². The number of halogens is 2. The van der Waals surface area contributed by atoms with E-state index in [4.69, 9.17) is 15.4 Å². The van der Waals surface area contributed by atoms with Crippen molar-refractivity contribution < 1.29 is 17.9 Å². The van der Waals surface area contributed by atoms with Crippen molar-refractivity contribution >= 4 is 41.6 Å². The van der Waals surface area contributed by atoms with Crippen molar-refractivity contribution in [3.63, 3.8) is 0 Å². The van der Waals surface area contributed by atoms with Crippen LogP contribution in [-0.2, 0) is 13.8 Å². The predicted molar refractivity (Wildman–Crippen MR) is 76.9 cm³/mol. The number of carbonyl (C=O) groups excluding carboxylic acids is 1. The molecule has 19 heavy (non-hydrogen) atoms. The van der Waals surface area contributed by atoms with Crippen LogP contribution in [0.25, 0.3) is 0 Å². The largest absolute Gasteiger partial charge is 0.462 e. The van der Waals surface area contributed by atoms with E-state index in [9.17, 15) is 13.2 Å². The third-order valence-corrected chi connectivity index (χ3v) is 4.41. The summed E-state index contributed by atoms with van der Waals surface area (Å²) in [7, 11) is 1.37. The van der Waals surface area contributed by atoms with Crippen molar-refractivity contribution in [2.45, 2.75) is 25.2 Å². The molecule has 7 heteroatoms. The van der Waals surface area contributed by atoms with Gasteiger partial charge in [0.1, 0.15) is 0 Å². The first-order valence-electron chi connectivity index (χ1n) is 5.63. The topological polar surface area (TPSA) is 60.4 Å². The Morgan fingerprint density at radius 3 is 2.58 bits per heavy atom. The Morgan fingerprint density at radius 2 is 2.05 bits per heavy atom. The Kier molecular flexibility index (Phi) is 5.82. The summed E-state index contributed by atoms with van der Waals surface area (Å²) in [4.78, 5) is 11.7. The van der Waals surface area contributed by atoms with E-state index in [-0.39, 0.29) is 10.5 Å². The molecular formula is C12H14BrClO4S. The standard InChI is InChI=1S/C12H14BrClO4S/c1-8(2)5-6-18-12(15)10-7-9(19(14,16)17)3-4-11(10)13/h3-4,7-8H,5-6H2,1-2H3. The van der Waals surface area contributed by atoms with Gasteiger partial charge in [-0.3, -0.25) is 0 Å². The fourth-order valence-electron chi connectivity index (χ4n) is 1.28. The summed E-state index contributed by atoms with van der Waals surface area (Å²) in [5, 5.41) is 0. The normalized spacial score (nSPS) is 11.6. The molecule has 0 amide bonds. The second-order valence-electron chi connectivity index (χ2n) is 4.40. The summed E-state index contributed by atoms with van der Waals surface area (Å²) in [6, 6.07) is 3.97. The molecule has 0 aromatic heterocycles. The van der Waals surface area contributed by atoms with E-state index >= 15 is 0 Å². The highest BCUT2D eigenvalue weighted by molar-refractivity contribution is 9.10. The number of ether oxygens (including phenoxy) is 1. The van der Waals surface area contributed by atoms with E-state index in [1.165, 1.54) is 18.2 Å². The number of carbonyl (C=O) groups is 1. The summed E-state index contributed by atoms with van der Waals surface area (Å²) < 4.78 is 28.0. The van der Waals surface area contributed by atoms with Crippen molar-refractivity contribution in [2.24, 2.45) is 5.92 Å². The summed E-state index contributed by atoms with van der Waals surface area (Å²) in [5.74, 6) is -0.152. The predicted octanol–water partition coefficient (Wildman–Crippen LogP) is 3.58.